The number of amides is 1. The van der Waals surface area contributed by atoms with Crippen LogP contribution in [0.3, 0.4) is 0 Å². The van der Waals surface area contributed by atoms with Gasteiger partial charge in [-0.3, -0.25) is 4.79 Å². The van der Waals surface area contributed by atoms with Crippen molar-refractivity contribution in [2.75, 3.05) is 32.3 Å². The van der Waals surface area contributed by atoms with Crippen LogP contribution in [0.1, 0.15) is 5.56 Å². The number of aromatic nitrogens is 4. The minimum atomic E-state index is -3.67. The van der Waals surface area contributed by atoms with Gasteiger partial charge in [0.25, 0.3) is 0 Å². The maximum absolute atomic E-state index is 12.5. The number of nitrogens with zero attached hydrogens (tertiary/aromatic N) is 5. The van der Waals surface area contributed by atoms with Crippen LogP contribution in [0.5, 0.6) is 5.75 Å². The summed E-state index contributed by atoms with van der Waals surface area (Å²) in [5, 5.41) is 14.9. The van der Waals surface area contributed by atoms with E-state index in [1.165, 1.54) is 37.0 Å². The van der Waals surface area contributed by atoms with Gasteiger partial charge in [0, 0.05) is 14.1 Å². The van der Waals surface area contributed by atoms with Crippen LogP contribution in [-0.2, 0) is 14.8 Å². The van der Waals surface area contributed by atoms with E-state index in [0.717, 1.165) is 21.6 Å². The summed E-state index contributed by atoms with van der Waals surface area (Å²) >= 11 is 7.25. The number of tetrazole rings is 1. The van der Waals surface area contributed by atoms with Crippen LogP contribution in [0, 0.1) is 6.92 Å². The smallest absolute Gasteiger partial charge is 0.242 e. The van der Waals surface area contributed by atoms with E-state index in [1.54, 1.807) is 7.11 Å². The average Bonchev–Trinajstić information content (AvgIpc) is 3.22. The van der Waals surface area contributed by atoms with Crippen molar-refractivity contribution >= 4 is 45.0 Å². The molecule has 0 bridgehead atoms. The zero-order valence-corrected chi connectivity index (χ0v) is 20.1. The van der Waals surface area contributed by atoms with Gasteiger partial charge in [-0.2, -0.15) is 4.68 Å². The number of halogens is 1. The van der Waals surface area contributed by atoms with Gasteiger partial charge in [0.15, 0.2) is 0 Å². The summed E-state index contributed by atoms with van der Waals surface area (Å²) in [7, 11) is 0.725. The van der Waals surface area contributed by atoms with E-state index in [4.69, 9.17) is 16.3 Å². The van der Waals surface area contributed by atoms with Gasteiger partial charge in [0.2, 0.25) is 21.1 Å². The van der Waals surface area contributed by atoms with Crippen molar-refractivity contribution in [3.8, 4) is 11.4 Å². The summed E-state index contributed by atoms with van der Waals surface area (Å²) in [6.45, 7) is 1.93. The standard InChI is InChI=1S/C19H21ClN6O4S2/c1-12-5-8-17(30-4)16(9-12)26-19(22-23-24-26)31-11-18(27)21-15-10-13(6-7-14(15)20)32(28,29)25(2)3/h5-10H,11H2,1-4H3,(H,21,27). The maximum atomic E-state index is 12.5. The molecule has 0 aliphatic rings. The summed E-state index contributed by atoms with van der Waals surface area (Å²) in [5.41, 5.74) is 1.83. The first-order chi connectivity index (χ1) is 15.1. The molecule has 0 aliphatic carbocycles. The second kappa shape index (κ2) is 9.86. The van der Waals surface area contributed by atoms with Crippen LogP contribution in [-0.4, -0.2) is 65.8 Å². The van der Waals surface area contributed by atoms with Gasteiger partial charge < -0.3 is 10.1 Å². The first-order valence-corrected chi connectivity index (χ1v) is 12.0. The third-order valence-electron chi connectivity index (χ3n) is 4.33. The summed E-state index contributed by atoms with van der Waals surface area (Å²) in [4.78, 5) is 12.5. The van der Waals surface area contributed by atoms with Gasteiger partial charge in [-0.1, -0.05) is 29.4 Å². The molecule has 170 valence electrons. The number of anilines is 1. The lowest BCUT2D eigenvalue weighted by molar-refractivity contribution is -0.113. The number of sulfonamides is 1. The molecule has 13 heteroatoms. The summed E-state index contributed by atoms with van der Waals surface area (Å²) in [5.74, 6) is 0.150. The fourth-order valence-corrected chi connectivity index (χ4v) is 4.45. The number of rotatable bonds is 8. The Bertz CT molecular complexity index is 1250. The van der Waals surface area contributed by atoms with Crippen molar-refractivity contribution in [3.05, 3.63) is 47.0 Å². The van der Waals surface area contributed by atoms with E-state index in [0.29, 0.717) is 16.6 Å². The first-order valence-electron chi connectivity index (χ1n) is 9.21. The maximum Gasteiger partial charge on any atom is 0.242 e. The van der Waals surface area contributed by atoms with Gasteiger partial charge in [-0.05, 0) is 53.2 Å². The van der Waals surface area contributed by atoms with Crippen molar-refractivity contribution in [2.24, 2.45) is 0 Å². The highest BCUT2D eigenvalue weighted by molar-refractivity contribution is 7.99. The molecule has 10 nitrogen and oxygen atoms in total. The van der Waals surface area contributed by atoms with Crippen molar-refractivity contribution in [2.45, 2.75) is 17.0 Å². The average molecular weight is 497 g/mol. The van der Waals surface area contributed by atoms with Crippen molar-refractivity contribution < 1.29 is 17.9 Å². The first kappa shape index (κ1) is 24.0. The molecule has 0 spiro atoms. The Balaban J connectivity index is 1.75. The normalized spacial score (nSPS) is 11.6. The molecule has 0 saturated heterocycles. The number of benzene rings is 2. The van der Waals surface area contributed by atoms with Crippen LogP contribution >= 0.6 is 23.4 Å². The third kappa shape index (κ3) is 5.21. The zero-order valence-electron chi connectivity index (χ0n) is 17.7. The minimum Gasteiger partial charge on any atom is -0.494 e. The lowest BCUT2D eigenvalue weighted by Crippen LogP contribution is -2.22. The Hall–Kier alpha value is -2.67. The van der Waals surface area contributed by atoms with Crippen LogP contribution in [0.2, 0.25) is 5.02 Å². The second-order valence-electron chi connectivity index (χ2n) is 6.81. The molecule has 1 heterocycles. The van der Waals surface area contributed by atoms with Crippen LogP contribution in [0.4, 0.5) is 5.69 Å². The van der Waals surface area contributed by atoms with Crippen LogP contribution in [0.25, 0.3) is 5.69 Å². The molecule has 0 unspecified atom stereocenters. The predicted molar refractivity (Wildman–Crippen MR) is 122 cm³/mol. The molecule has 0 aliphatic heterocycles. The number of carbonyl (C=O) groups excluding carboxylic acids is 1. The molecule has 3 aromatic rings. The zero-order chi connectivity index (χ0) is 23.5. The number of nitrogens with one attached hydrogen (secondary N) is 1. The van der Waals surface area contributed by atoms with Crippen LogP contribution in [0.15, 0.2) is 46.5 Å². The van der Waals surface area contributed by atoms with E-state index in [9.17, 15) is 13.2 Å². The molecule has 2 aromatic carbocycles. The molecule has 32 heavy (non-hydrogen) atoms. The molecule has 0 saturated carbocycles. The minimum absolute atomic E-state index is 0.0188. The highest BCUT2D eigenvalue weighted by atomic mass is 35.5. The Labute approximate surface area is 194 Å². The molecule has 0 radical (unpaired) electrons. The quantitative estimate of drug-likeness (QED) is 0.472. The SMILES string of the molecule is COc1ccc(C)cc1-n1nnnc1SCC(=O)Nc1cc(S(=O)(=O)N(C)C)ccc1Cl. The molecular formula is C19H21ClN6O4S2. The lowest BCUT2D eigenvalue weighted by Gasteiger charge is -2.14. The van der Waals surface area contributed by atoms with Gasteiger partial charge in [-0.25, -0.2) is 12.7 Å². The number of methoxy groups -OCH3 is 1. The molecule has 1 N–H and O–H groups in total. The number of hydrogen-bond acceptors (Lipinski definition) is 8. The van der Waals surface area contributed by atoms with Crippen molar-refractivity contribution in [1.29, 1.82) is 0 Å². The van der Waals surface area contributed by atoms with Gasteiger partial charge >= 0.3 is 0 Å². The highest BCUT2D eigenvalue weighted by Crippen LogP contribution is 2.29. The summed E-state index contributed by atoms with van der Waals surface area (Å²) in [6.07, 6.45) is 0. The molecule has 0 fully saturated rings. The Morgan fingerprint density at radius 2 is 2.00 bits per heavy atom. The van der Waals surface area contributed by atoms with Gasteiger partial charge in [-0.15, -0.1) is 5.10 Å². The summed E-state index contributed by atoms with van der Waals surface area (Å²) in [6, 6.07) is 9.71. The van der Waals surface area contributed by atoms with Crippen LogP contribution < -0.4 is 10.1 Å². The third-order valence-corrected chi connectivity index (χ3v) is 7.39. The number of ether oxygens (including phenoxy) is 1. The van der Waals surface area contributed by atoms with E-state index in [1.807, 2.05) is 25.1 Å². The molecule has 1 amide bonds. The predicted octanol–water partition coefficient (Wildman–Crippen LogP) is 2.61. The van der Waals surface area contributed by atoms with Gasteiger partial charge in [0.1, 0.15) is 11.4 Å². The van der Waals surface area contributed by atoms with E-state index in [2.05, 4.69) is 20.8 Å². The Morgan fingerprint density at radius 3 is 2.69 bits per heavy atom. The number of carbonyl (C=O) groups is 1. The fraction of sp³-hybridized carbons (Fsp3) is 0.263. The number of hydrogen-bond donors (Lipinski definition) is 1. The number of aryl methyl sites for hydroxylation is 1. The fourth-order valence-electron chi connectivity index (χ4n) is 2.67. The molecular weight excluding hydrogens is 476 g/mol. The lowest BCUT2D eigenvalue weighted by atomic mass is 10.2. The number of thioether (sulfide) groups is 1. The highest BCUT2D eigenvalue weighted by Gasteiger charge is 2.20. The van der Waals surface area contributed by atoms with Gasteiger partial charge in [0.05, 0.1) is 28.5 Å². The Morgan fingerprint density at radius 1 is 1.25 bits per heavy atom. The van der Waals surface area contributed by atoms with E-state index >= 15 is 0 Å². The Kier molecular flexibility index (Phi) is 7.39. The molecule has 1 aromatic heterocycles. The van der Waals surface area contributed by atoms with E-state index in [-0.39, 0.29) is 21.4 Å². The topological polar surface area (TPSA) is 119 Å². The van der Waals surface area contributed by atoms with Crippen molar-refractivity contribution in [3.63, 3.8) is 0 Å². The summed E-state index contributed by atoms with van der Waals surface area (Å²) < 4.78 is 32.6. The second-order valence-corrected chi connectivity index (χ2v) is 10.3. The van der Waals surface area contributed by atoms with Crippen molar-refractivity contribution in [1.82, 2.24) is 24.5 Å². The van der Waals surface area contributed by atoms with E-state index < -0.39 is 15.9 Å². The molecule has 0 atom stereocenters. The molecule has 3 rings (SSSR count). The monoisotopic (exact) mass is 496 g/mol. The largest absolute Gasteiger partial charge is 0.494 e.